The van der Waals surface area contributed by atoms with Crippen LogP contribution in [0.25, 0.3) is 0 Å². The normalized spacial score (nSPS) is 28.2. The van der Waals surface area contributed by atoms with Gasteiger partial charge in [-0.05, 0) is 13.1 Å². The van der Waals surface area contributed by atoms with E-state index < -0.39 is 19.4 Å². The van der Waals surface area contributed by atoms with E-state index in [0.29, 0.717) is 18.1 Å². The van der Waals surface area contributed by atoms with Gasteiger partial charge in [-0.25, -0.2) is 0 Å². The van der Waals surface area contributed by atoms with Gasteiger partial charge in [0.25, 0.3) is 0 Å². The van der Waals surface area contributed by atoms with Crippen molar-refractivity contribution in [1.29, 1.82) is 0 Å². The Morgan fingerprint density at radius 3 is 2.85 bits per heavy atom. The molecule has 1 rings (SSSR count). The van der Waals surface area contributed by atoms with Crippen molar-refractivity contribution in [2.24, 2.45) is 0 Å². The monoisotopic (exact) mass is 218 g/mol. The van der Waals surface area contributed by atoms with Crippen LogP contribution in [0.1, 0.15) is 0 Å². The molecule has 5 heteroatoms. The van der Waals surface area contributed by atoms with Crippen LogP contribution < -0.4 is 0 Å². The third-order valence-corrected chi connectivity index (χ3v) is 4.68. The summed E-state index contributed by atoms with van der Waals surface area (Å²) in [6.07, 6.45) is 5.03. The van der Waals surface area contributed by atoms with Crippen molar-refractivity contribution in [3.8, 4) is 12.3 Å². The highest BCUT2D eigenvalue weighted by atomic mass is 32.2. The molecule has 0 radical (unpaired) electrons. The molecule has 0 amide bonds. The van der Waals surface area contributed by atoms with Gasteiger partial charge >= 0.3 is 8.56 Å². The predicted molar refractivity (Wildman–Crippen MR) is 55.0 cm³/mol. The second kappa shape index (κ2) is 4.38. The minimum atomic E-state index is -1.88. The molecule has 1 saturated heterocycles. The van der Waals surface area contributed by atoms with Gasteiger partial charge in [-0.2, -0.15) is 0 Å². The quantitative estimate of drug-likeness (QED) is 0.511. The first-order valence-electron chi connectivity index (χ1n) is 4.14. The van der Waals surface area contributed by atoms with Crippen LogP contribution in [0.5, 0.6) is 0 Å². The van der Waals surface area contributed by atoms with E-state index in [1.807, 2.05) is 13.1 Å². The van der Waals surface area contributed by atoms with Gasteiger partial charge in [0.2, 0.25) is 0 Å². The standard InChI is InChI=1S/C8H14O3SSi/c1-4-5-12(9)7-8-6-10-13(2,3)11-8/h1,8H,5-7H2,2-3H3. The van der Waals surface area contributed by atoms with Crippen molar-refractivity contribution >= 4 is 19.4 Å². The molecule has 0 bridgehead atoms. The van der Waals surface area contributed by atoms with Gasteiger partial charge in [0.05, 0.1) is 24.2 Å². The summed E-state index contributed by atoms with van der Waals surface area (Å²) in [6.45, 7) is 4.53. The molecule has 0 aromatic rings. The van der Waals surface area contributed by atoms with Crippen LogP contribution in [0.2, 0.25) is 13.1 Å². The molecule has 1 aliphatic heterocycles. The number of hydrogen-bond acceptors (Lipinski definition) is 3. The van der Waals surface area contributed by atoms with Crippen LogP contribution in [-0.2, 0) is 19.7 Å². The average Bonchev–Trinajstić information content (AvgIpc) is 2.30. The van der Waals surface area contributed by atoms with Gasteiger partial charge in [0.15, 0.2) is 0 Å². The van der Waals surface area contributed by atoms with Crippen LogP contribution >= 0.6 is 0 Å². The Morgan fingerprint density at radius 2 is 2.38 bits per heavy atom. The largest absolute Gasteiger partial charge is 0.392 e. The van der Waals surface area contributed by atoms with Crippen LogP contribution in [-0.4, -0.2) is 37.0 Å². The lowest BCUT2D eigenvalue weighted by Crippen LogP contribution is -2.29. The lowest BCUT2D eigenvalue weighted by atomic mass is 10.4. The van der Waals surface area contributed by atoms with Crippen molar-refractivity contribution in [2.75, 3.05) is 18.1 Å². The molecule has 0 aromatic carbocycles. The van der Waals surface area contributed by atoms with Gasteiger partial charge in [-0.15, -0.1) is 6.42 Å². The highest BCUT2D eigenvalue weighted by molar-refractivity contribution is 7.85. The molecular weight excluding hydrogens is 204 g/mol. The van der Waals surface area contributed by atoms with Crippen LogP contribution in [0.4, 0.5) is 0 Å². The molecule has 1 heterocycles. The van der Waals surface area contributed by atoms with Crippen LogP contribution in [0, 0.1) is 12.3 Å². The SMILES string of the molecule is C#CCS(=O)CC1CO[Si](C)(C)O1. The van der Waals surface area contributed by atoms with Crippen molar-refractivity contribution in [3.63, 3.8) is 0 Å². The molecule has 13 heavy (non-hydrogen) atoms. The first-order chi connectivity index (χ1) is 6.03. The topological polar surface area (TPSA) is 35.5 Å². The average molecular weight is 218 g/mol. The molecule has 74 valence electrons. The Bertz CT molecular complexity index is 246. The van der Waals surface area contributed by atoms with Gasteiger partial charge < -0.3 is 8.85 Å². The van der Waals surface area contributed by atoms with Gasteiger partial charge in [-0.1, -0.05) is 5.92 Å². The minimum absolute atomic E-state index is 0.0177. The van der Waals surface area contributed by atoms with Gasteiger partial charge in [0, 0.05) is 10.8 Å². The molecular formula is C8H14O3SSi. The molecule has 1 fully saturated rings. The zero-order valence-corrected chi connectivity index (χ0v) is 9.73. The molecule has 3 nitrogen and oxygen atoms in total. The first-order valence-corrected chi connectivity index (χ1v) is 8.44. The maximum absolute atomic E-state index is 11.3. The minimum Gasteiger partial charge on any atom is -0.392 e. The molecule has 2 unspecified atom stereocenters. The molecule has 0 aliphatic carbocycles. The zero-order chi connectivity index (χ0) is 9.90. The predicted octanol–water partition coefficient (Wildman–Crippen LogP) is 0.485. The molecule has 1 aliphatic rings. The molecule has 2 atom stereocenters. The summed E-state index contributed by atoms with van der Waals surface area (Å²) in [6, 6.07) is 0. The summed E-state index contributed by atoms with van der Waals surface area (Å²) >= 11 is 0. The second-order valence-corrected chi connectivity index (χ2v) is 8.23. The van der Waals surface area contributed by atoms with E-state index >= 15 is 0 Å². The Morgan fingerprint density at radius 1 is 1.69 bits per heavy atom. The summed E-state index contributed by atoms with van der Waals surface area (Å²) in [4.78, 5) is 0. The maximum Gasteiger partial charge on any atom is 0.332 e. The second-order valence-electron chi connectivity index (χ2n) is 3.41. The first kappa shape index (κ1) is 10.9. The Kier molecular flexibility index (Phi) is 3.68. The van der Waals surface area contributed by atoms with E-state index in [4.69, 9.17) is 15.3 Å². The molecule has 0 N–H and O–H groups in total. The number of terminal acetylenes is 1. The van der Waals surface area contributed by atoms with Crippen molar-refractivity contribution in [3.05, 3.63) is 0 Å². The molecule has 0 aromatic heterocycles. The molecule has 0 saturated carbocycles. The fraction of sp³-hybridized carbons (Fsp3) is 0.750. The lowest BCUT2D eigenvalue weighted by Gasteiger charge is -2.13. The lowest BCUT2D eigenvalue weighted by molar-refractivity contribution is 0.256. The van der Waals surface area contributed by atoms with Gasteiger partial charge in [0.1, 0.15) is 0 Å². The van der Waals surface area contributed by atoms with E-state index in [1.54, 1.807) is 0 Å². The van der Waals surface area contributed by atoms with Crippen molar-refractivity contribution in [1.82, 2.24) is 0 Å². The number of hydrogen-bond donors (Lipinski definition) is 0. The summed E-state index contributed by atoms with van der Waals surface area (Å²) in [7, 11) is -2.84. The van der Waals surface area contributed by atoms with E-state index in [0.717, 1.165) is 0 Å². The third kappa shape index (κ3) is 3.61. The van der Waals surface area contributed by atoms with Crippen LogP contribution in [0.15, 0.2) is 0 Å². The third-order valence-electron chi connectivity index (χ3n) is 1.68. The maximum atomic E-state index is 11.3. The Balaban J connectivity index is 2.33. The summed E-state index contributed by atoms with van der Waals surface area (Å²) in [5.74, 6) is 3.18. The Labute approximate surface area is 82.5 Å². The van der Waals surface area contributed by atoms with Crippen molar-refractivity contribution < 1.29 is 13.1 Å². The summed E-state index contributed by atoms with van der Waals surface area (Å²) in [5.41, 5.74) is 0. The zero-order valence-electron chi connectivity index (χ0n) is 7.91. The summed E-state index contributed by atoms with van der Waals surface area (Å²) in [5, 5.41) is 0. The number of rotatable bonds is 3. The van der Waals surface area contributed by atoms with Crippen LogP contribution in [0.3, 0.4) is 0 Å². The van der Waals surface area contributed by atoms with E-state index in [9.17, 15) is 4.21 Å². The van der Waals surface area contributed by atoms with E-state index in [2.05, 4.69) is 5.92 Å². The Hall–Kier alpha value is -0.153. The summed E-state index contributed by atoms with van der Waals surface area (Å²) < 4.78 is 22.3. The highest BCUT2D eigenvalue weighted by Gasteiger charge is 2.36. The highest BCUT2D eigenvalue weighted by Crippen LogP contribution is 2.18. The smallest absolute Gasteiger partial charge is 0.332 e. The van der Waals surface area contributed by atoms with Crippen molar-refractivity contribution in [2.45, 2.75) is 19.2 Å². The van der Waals surface area contributed by atoms with E-state index in [-0.39, 0.29) is 6.10 Å². The molecule has 0 spiro atoms. The fourth-order valence-corrected chi connectivity index (χ4v) is 3.82. The van der Waals surface area contributed by atoms with Gasteiger partial charge in [-0.3, -0.25) is 4.21 Å². The fourth-order valence-electron chi connectivity index (χ4n) is 1.20. The van der Waals surface area contributed by atoms with E-state index in [1.165, 1.54) is 0 Å².